The second-order valence-corrected chi connectivity index (χ2v) is 13.5. The van der Waals surface area contributed by atoms with Gasteiger partial charge in [-0.15, -0.1) is 0 Å². The molecule has 2 N–H and O–H groups in total. The smallest absolute Gasteiger partial charge is 0.412 e. The van der Waals surface area contributed by atoms with Crippen LogP contribution in [0.4, 0.5) is 13.2 Å². The van der Waals surface area contributed by atoms with E-state index in [4.69, 9.17) is 10.2 Å². The van der Waals surface area contributed by atoms with Gasteiger partial charge in [-0.2, -0.15) is 13.2 Å². The molecule has 0 saturated heterocycles. The average Bonchev–Trinajstić information content (AvgIpc) is 2.47. The molecule has 1 aromatic carbocycles. The van der Waals surface area contributed by atoms with E-state index < -0.39 is 20.1 Å². The summed E-state index contributed by atoms with van der Waals surface area (Å²) in [7, 11) is -1.90. The first-order chi connectivity index (χ1) is 11.3. The quantitative estimate of drug-likeness (QED) is 0.691. The van der Waals surface area contributed by atoms with Crippen LogP contribution in [0.15, 0.2) is 24.3 Å². The Kier molecular flexibility index (Phi) is 5.76. The molecule has 142 valence electrons. The lowest BCUT2D eigenvalue weighted by molar-refractivity contribution is -0.137. The summed E-state index contributed by atoms with van der Waals surface area (Å²) in [5, 5.41) is 0.116. The van der Waals surface area contributed by atoms with Crippen molar-refractivity contribution in [3.63, 3.8) is 0 Å². The number of hydrogen-bond donors (Lipinski definition) is 1. The maximum absolute atomic E-state index is 12.9. The fourth-order valence-corrected chi connectivity index (χ4v) is 4.55. The zero-order chi connectivity index (χ0) is 19.0. The topological polar surface area (TPSA) is 35.2 Å². The standard InChI is InChI=1S/C19H30F3NOSi/c1-18(2,3)25(4,5)24-17-10-9-14(12-16(17)23)13-7-6-8-15(11-13)19(20,21)22/h6-8,11,14,16-17H,9-10,12,23H2,1-5H3/t14-,16-,17-/m0/s1. The first-order valence-corrected chi connectivity index (χ1v) is 11.8. The Labute approximate surface area is 150 Å². The van der Waals surface area contributed by atoms with E-state index in [2.05, 4.69) is 33.9 Å². The lowest BCUT2D eigenvalue weighted by Gasteiger charge is -2.43. The van der Waals surface area contributed by atoms with Crippen molar-refractivity contribution in [3.05, 3.63) is 35.4 Å². The molecule has 0 aliphatic heterocycles. The highest BCUT2D eigenvalue weighted by Crippen LogP contribution is 2.41. The van der Waals surface area contributed by atoms with E-state index in [1.807, 2.05) is 0 Å². The number of nitrogens with two attached hydrogens (primary N) is 1. The molecule has 0 unspecified atom stereocenters. The van der Waals surface area contributed by atoms with Crippen LogP contribution in [0, 0.1) is 0 Å². The number of halogens is 3. The number of benzene rings is 1. The van der Waals surface area contributed by atoms with Gasteiger partial charge in [0, 0.05) is 6.04 Å². The summed E-state index contributed by atoms with van der Waals surface area (Å²) < 4.78 is 45.2. The Bertz CT molecular complexity index is 595. The number of hydrogen-bond acceptors (Lipinski definition) is 2. The highest BCUT2D eigenvalue weighted by molar-refractivity contribution is 6.74. The van der Waals surface area contributed by atoms with Crippen LogP contribution in [0.3, 0.4) is 0 Å². The normalized spacial score (nSPS) is 25.9. The third kappa shape index (κ3) is 4.86. The Balaban J connectivity index is 2.07. The van der Waals surface area contributed by atoms with Gasteiger partial charge in [-0.25, -0.2) is 0 Å². The van der Waals surface area contributed by atoms with Crippen LogP contribution in [0.25, 0.3) is 0 Å². The Hall–Kier alpha value is -0.853. The zero-order valence-corrected chi connectivity index (χ0v) is 16.8. The summed E-state index contributed by atoms with van der Waals surface area (Å²) in [6.07, 6.45) is -2.02. The van der Waals surface area contributed by atoms with Gasteiger partial charge in [-0.05, 0) is 54.9 Å². The van der Waals surface area contributed by atoms with Crippen molar-refractivity contribution in [3.8, 4) is 0 Å². The van der Waals surface area contributed by atoms with Crippen LogP contribution in [0.5, 0.6) is 0 Å². The molecule has 1 aromatic rings. The molecule has 0 amide bonds. The molecule has 2 rings (SSSR count). The Morgan fingerprint density at radius 1 is 1.12 bits per heavy atom. The molecule has 1 fully saturated rings. The maximum Gasteiger partial charge on any atom is 0.416 e. The van der Waals surface area contributed by atoms with Crippen molar-refractivity contribution in [2.24, 2.45) is 5.73 Å². The minimum absolute atomic E-state index is 0.00272. The van der Waals surface area contributed by atoms with Gasteiger partial charge in [0.25, 0.3) is 0 Å². The van der Waals surface area contributed by atoms with Crippen molar-refractivity contribution in [2.75, 3.05) is 0 Å². The summed E-state index contributed by atoms with van der Waals surface area (Å²) in [5.74, 6) is 0.0663. The monoisotopic (exact) mass is 373 g/mol. The fraction of sp³-hybridized carbons (Fsp3) is 0.684. The van der Waals surface area contributed by atoms with Crippen LogP contribution in [-0.4, -0.2) is 20.5 Å². The van der Waals surface area contributed by atoms with Gasteiger partial charge in [0.2, 0.25) is 0 Å². The molecule has 25 heavy (non-hydrogen) atoms. The van der Waals surface area contributed by atoms with Crippen molar-refractivity contribution in [1.29, 1.82) is 0 Å². The minimum atomic E-state index is -4.30. The van der Waals surface area contributed by atoms with Gasteiger partial charge in [0.15, 0.2) is 8.32 Å². The van der Waals surface area contributed by atoms with E-state index in [0.29, 0.717) is 6.42 Å². The molecule has 2 nitrogen and oxygen atoms in total. The molecule has 3 atom stereocenters. The zero-order valence-electron chi connectivity index (χ0n) is 15.8. The highest BCUT2D eigenvalue weighted by Gasteiger charge is 2.42. The van der Waals surface area contributed by atoms with E-state index in [1.165, 1.54) is 12.1 Å². The van der Waals surface area contributed by atoms with E-state index in [1.54, 1.807) is 6.07 Å². The summed E-state index contributed by atoms with van der Waals surface area (Å²) in [5.41, 5.74) is 6.50. The Morgan fingerprint density at radius 2 is 1.76 bits per heavy atom. The van der Waals surface area contributed by atoms with Gasteiger partial charge < -0.3 is 10.2 Å². The van der Waals surface area contributed by atoms with Crippen molar-refractivity contribution in [2.45, 2.75) is 82.4 Å². The van der Waals surface area contributed by atoms with Crippen molar-refractivity contribution in [1.82, 2.24) is 0 Å². The van der Waals surface area contributed by atoms with E-state index in [-0.39, 0.29) is 23.1 Å². The molecular weight excluding hydrogens is 343 g/mol. The van der Waals surface area contributed by atoms with Crippen molar-refractivity contribution >= 4 is 8.32 Å². The van der Waals surface area contributed by atoms with Crippen LogP contribution >= 0.6 is 0 Å². The fourth-order valence-electron chi connectivity index (χ4n) is 3.15. The number of alkyl halides is 3. The molecule has 0 heterocycles. The van der Waals surface area contributed by atoms with Crippen LogP contribution in [0.2, 0.25) is 18.1 Å². The van der Waals surface area contributed by atoms with Gasteiger partial charge in [0.05, 0.1) is 11.7 Å². The van der Waals surface area contributed by atoms with Crippen LogP contribution in [0.1, 0.15) is 57.1 Å². The van der Waals surface area contributed by atoms with Gasteiger partial charge in [0.1, 0.15) is 0 Å². The average molecular weight is 374 g/mol. The number of rotatable bonds is 3. The predicted octanol–water partition coefficient (Wildman–Crippen LogP) is 5.69. The first kappa shape index (κ1) is 20.5. The summed E-state index contributed by atoms with van der Waals surface area (Å²) in [6.45, 7) is 11.0. The van der Waals surface area contributed by atoms with Crippen molar-refractivity contribution < 1.29 is 17.6 Å². The van der Waals surface area contributed by atoms with E-state index in [0.717, 1.165) is 24.5 Å². The second-order valence-electron chi connectivity index (χ2n) is 8.71. The molecule has 0 radical (unpaired) electrons. The second kappa shape index (κ2) is 7.04. The Morgan fingerprint density at radius 3 is 2.28 bits per heavy atom. The first-order valence-electron chi connectivity index (χ1n) is 8.92. The molecule has 0 bridgehead atoms. The SMILES string of the molecule is CC(C)(C)[Si](C)(C)O[C@H]1CC[C@H](c2cccc(C(F)(F)F)c2)C[C@@H]1N. The third-order valence-corrected chi connectivity index (χ3v) is 10.3. The maximum atomic E-state index is 12.9. The molecule has 0 spiro atoms. The lowest BCUT2D eigenvalue weighted by atomic mass is 9.80. The molecule has 1 aliphatic carbocycles. The van der Waals surface area contributed by atoms with Gasteiger partial charge >= 0.3 is 6.18 Å². The molecule has 1 saturated carbocycles. The van der Waals surface area contributed by atoms with Crippen LogP contribution in [-0.2, 0) is 10.6 Å². The van der Waals surface area contributed by atoms with Gasteiger partial charge in [-0.3, -0.25) is 0 Å². The van der Waals surface area contributed by atoms with Gasteiger partial charge in [-0.1, -0.05) is 39.0 Å². The molecule has 6 heteroatoms. The molecule has 0 aromatic heterocycles. The van der Waals surface area contributed by atoms with Crippen LogP contribution < -0.4 is 5.73 Å². The third-order valence-electron chi connectivity index (χ3n) is 5.77. The summed E-state index contributed by atoms with van der Waals surface area (Å²) >= 11 is 0. The van der Waals surface area contributed by atoms with E-state index in [9.17, 15) is 13.2 Å². The summed E-state index contributed by atoms with van der Waals surface area (Å²) in [6, 6.07) is 5.52. The highest BCUT2D eigenvalue weighted by atomic mass is 28.4. The molecule has 1 aliphatic rings. The van der Waals surface area contributed by atoms with E-state index >= 15 is 0 Å². The minimum Gasteiger partial charge on any atom is -0.412 e. The summed E-state index contributed by atoms with van der Waals surface area (Å²) in [4.78, 5) is 0. The molecular formula is C19H30F3NOSi. The lowest BCUT2D eigenvalue weighted by Crippen LogP contribution is -2.51. The predicted molar refractivity (Wildman–Crippen MR) is 98.1 cm³/mol. The largest absolute Gasteiger partial charge is 0.416 e.